The topological polar surface area (TPSA) is 46.3 Å². The van der Waals surface area contributed by atoms with Gasteiger partial charge < -0.3 is 10.6 Å². The van der Waals surface area contributed by atoms with Gasteiger partial charge in [-0.1, -0.05) is 24.6 Å². The average Bonchev–Trinajstić information content (AvgIpc) is 2.57. The lowest BCUT2D eigenvalue weighted by Gasteiger charge is -2.21. The fraction of sp³-hybridized carbons (Fsp3) is 0.500. The largest absolute Gasteiger partial charge is 0.338 e. The summed E-state index contributed by atoms with van der Waals surface area (Å²) >= 11 is 0. The Morgan fingerprint density at radius 3 is 2.78 bits per heavy atom. The molecule has 2 N–H and O–H groups in total. The number of halogens is 1. The number of nitrogens with two attached hydrogens (primary N) is 1. The van der Waals surface area contributed by atoms with Crippen molar-refractivity contribution in [1.82, 2.24) is 4.90 Å². The van der Waals surface area contributed by atoms with Gasteiger partial charge in [-0.25, -0.2) is 4.39 Å². The molecule has 0 spiro atoms. The maximum absolute atomic E-state index is 14.0. The van der Waals surface area contributed by atoms with E-state index in [1.165, 1.54) is 0 Å². The van der Waals surface area contributed by atoms with Gasteiger partial charge in [0.05, 0.1) is 0 Å². The van der Waals surface area contributed by atoms with Crippen LogP contribution in [0.2, 0.25) is 0 Å². The van der Waals surface area contributed by atoms with E-state index in [1.807, 2.05) is 0 Å². The van der Waals surface area contributed by atoms with Crippen molar-refractivity contribution < 1.29 is 9.18 Å². The SMILES string of the molecule is NCc1cccc(CN2CCCCCC2=O)c1F. The third kappa shape index (κ3) is 2.88. The highest BCUT2D eigenvalue weighted by Gasteiger charge is 2.18. The molecule has 1 aliphatic heterocycles. The molecule has 1 aromatic carbocycles. The van der Waals surface area contributed by atoms with Crippen molar-refractivity contribution in [2.75, 3.05) is 6.54 Å². The smallest absolute Gasteiger partial charge is 0.222 e. The van der Waals surface area contributed by atoms with Gasteiger partial charge in [-0.05, 0) is 12.8 Å². The van der Waals surface area contributed by atoms with E-state index in [4.69, 9.17) is 5.73 Å². The fourth-order valence-electron chi connectivity index (χ4n) is 2.32. The van der Waals surface area contributed by atoms with Crippen molar-refractivity contribution in [2.45, 2.75) is 38.8 Å². The molecular weight excluding hydrogens is 231 g/mol. The van der Waals surface area contributed by atoms with Crippen molar-refractivity contribution in [3.8, 4) is 0 Å². The number of nitrogens with zero attached hydrogens (tertiary/aromatic N) is 1. The second-order valence-electron chi connectivity index (χ2n) is 4.72. The molecule has 1 aromatic rings. The van der Waals surface area contributed by atoms with E-state index in [0.29, 0.717) is 24.1 Å². The summed E-state index contributed by atoms with van der Waals surface area (Å²) in [4.78, 5) is 13.6. The van der Waals surface area contributed by atoms with Crippen LogP contribution in [0, 0.1) is 5.82 Å². The predicted octanol–water partition coefficient (Wildman–Crippen LogP) is 2.19. The standard InChI is InChI=1S/C14H19FN2O/c15-14-11(9-16)5-4-6-12(14)10-17-8-3-1-2-7-13(17)18/h4-6H,1-3,7-10,16H2. The van der Waals surface area contributed by atoms with Crippen LogP contribution in [0.3, 0.4) is 0 Å². The molecule has 2 rings (SSSR count). The summed E-state index contributed by atoms with van der Waals surface area (Å²) in [7, 11) is 0. The molecule has 0 radical (unpaired) electrons. The van der Waals surface area contributed by atoms with Crippen LogP contribution in [-0.2, 0) is 17.9 Å². The van der Waals surface area contributed by atoms with Crippen LogP contribution in [0.25, 0.3) is 0 Å². The molecule has 0 unspecified atom stereocenters. The molecule has 98 valence electrons. The van der Waals surface area contributed by atoms with Gasteiger partial charge in [-0.15, -0.1) is 0 Å². The molecule has 4 heteroatoms. The molecule has 1 aliphatic rings. The highest BCUT2D eigenvalue weighted by molar-refractivity contribution is 5.76. The summed E-state index contributed by atoms with van der Waals surface area (Å²) in [6.07, 6.45) is 3.61. The van der Waals surface area contributed by atoms with Crippen LogP contribution in [0.1, 0.15) is 36.8 Å². The van der Waals surface area contributed by atoms with Gasteiger partial charge in [0, 0.05) is 37.2 Å². The summed E-state index contributed by atoms with van der Waals surface area (Å²) in [5.74, 6) is -0.137. The molecule has 0 aliphatic carbocycles. The summed E-state index contributed by atoms with van der Waals surface area (Å²) in [6, 6.07) is 5.21. The lowest BCUT2D eigenvalue weighted by molar-refractivity contribution is -0.131. The molecule has 3 nitrogen and oxygen atoms in total. The molecular formula is C14H19FN2O. The first kappa shape index (κ1) is 13.0. The minimum absolute atomic E-state index is 0.130. The average molecular weight is 250 g/mol. The lowest BCUT2D eigenvalue weighted by Crippen LogP contribution is -2.30. The minimum Gasteiger partial charge on any atom is -0.338 e. The number of hydrogen-bond donors (Lipinski definition) is 1. The van der Waals surface area contributed by atoms with Gasteiger partial charge in [-0.2, -0.15) is 0 Å². The Morgan fingerprint density at radius 2 is 2.00 bits per heavy atom. The summed E-state index contributed by atoms with van der Waals surface area (Å²) in [5, 5.41) is 0. The van der Waals surface area contributed by atoms with Crippen LogP contribution in [0.15, 0.2) is 18.2 Å². The highest BCUT2D eigenvalue weighted by Crippen LogP contribution is 2.18. The summed E-state index contributed by atoms with van der Waals surface area (Å²) in [5.41, 5.74) is 6.56. The predicted molar refractivity (Wildman–Crippen MR) is 68.2 cm³/mol. The van der Waals surface area contributed by atoms with Crippen molar-refractivity contribution in [3.05, 3.63) is 35.1 Å². The Kier molecular flexibility index (Phi) is 4.31. The summed E-state index contributed by atoms with van der Waals surface area (Å²) in [6.45, 7) is 1.28. The number of rotatable bonds is 3. The monoisotopic (exact) mass is 250 g/mol. The van der Waals surface area contributed by atoms with Crippen molar-refractivity contribution in [1.29, 1.82) is 0 Å². The highest BCUT2D eigenvalue weighted by atomic mass is 19.1. The molecule has 0 bridgehead atoms. The van der Waals surface area contributed by atoms with E-state index < -0.39 is 0 Å². The number of likely N-dealkylation sites (tertiary alicyclic amines) is 1. The Morgan fingerprint density at radius 1 is 1.22 bits per heavy atom. The van der Waals surface area contributed by atoms with Gasteiger partial charge in [-0.3, -0.25) is 4.79 Å². The maximum atomic E-state index is 14.0. The van der Waals surface area contributed by atoms with Gasteiger partial charge >= 0.3 is 0 Å². The van der Waals surface area contributed by atoms with Crippen molar-refractivity contribution in [3.63, 3.8) is 0 Å². The van der Waals surface area contributed by atoms with E-state index in [-0.39, 0.29) is 18.3 Å². The van der Waals surface area contributed by atoms with Crippen LogP contribution in [-0.4, -0.2) is 17.4 Å². The van der Waals surface area contributed by atoms with E-state index in [0.717, 1.165) is 25.8 Å². The third-order valence-electron chi connectivity index (χ3n) is 3.41. The normalized spacial score (nSPS) is 16.8. The fourth-order valence-corrected chi connectivity index (χ4v) is 2.32. The quantitative estimate of drug-likeness (QED) is 0.893. The molecule has 1 fully saturated rings. The maximum Gasteiger partial charge on any atom is 0.222 e. The van der Waals surface area contributed by atoms with E-state index in [2.05, 4.69) is 0 Å². The molecule has 0 aromatic heterocycles. The molecule has 0 saturated carbocycles. The van der Waals surface area contributed by atoms with Crippen molar-refractivity contribution in [2.24, 2.45) is 5.73 Å². The number of carbonyl (C=O) groups excluding carboxylic acids is 1. The Balaban J connectivity index is 2.15. The van der Waals surface area contributed by atoms with Crippen LogP contribution in [0.4, 0.5) is 4.39 Å². The van der Waals surface area contributed by atoms with Crippen LogP contribution in [0.5, 0.6) is 0 Å². The zero-order valence-electron chi connectivity index (χ0n) is 10.5. The van der Waals surface area contributed by atoms with Gasteiger partial charge in [0.2, 0.25) is 5.91 Å². The second-order valence-corrected chi connectivity index (χ2v) is 4.72. The number of hydrogen-bond acceptors (Lipinski definition) is 2. The van der Waals surface area contributed by atoms with Crippen LogP contribution < -0.4 is 5.73 Å². The first-order valence-corrected chi connectivity index (χ1v) is 6.46. The van der Waals surface area contributed by atoms with E-state index >= 15 is 0 Å². The Bertz CT molecular complexity index is 434. The Hall–Kier alpha value is -1.42. The van der Waals surface area contributed by atoms with Gasteiger partial charge in [0.25, 0.3) is 0 Å². The number of carbonyl (C=O) groups is 1. The Labute approximate surface area is 107 Å². The second kappa shape index (κ2) is 5.96. The van der Waals surface area contributed by atoms with Gasteiger partial charge in [0.15, 0.2) is 0 Å². The lowest BCUT2D eigenvalue weighted by atomic mass is 10.1. The summed E-state index contributed by atoms with van der Waals surface area (Å²) < 4.78 is 14.0. The van der Waals surface area contributed by atoms with Crippen LogP contribution >= 0.6 is 0 Å². The zero-order valence-corrected chi connectivity index (χ0v) is 10.5. The van der Waals surface area contributed by atoms with Gasteiger partial charge in [0.1, 0.15) is 5.82 Å². The van der Waals surface area contributed by atoms with E-state index in [9.17, 15) is 9.18 Å². The number of benzene rings is 1. The first-order chi connectivity index (χ1) is 8.72. The molecule has 18 heavy (non-hydrogen) atoms. The number of amides is 1. The third-order valence-corrected chi connectivity index (χ3v) is 3.41. The van der Waals surface area contributed by atoms with E-state index in [1.54, 1.807) is 23.1 Å². The minimum atomic E-state index is -0.267. The molecule has 1 saturated heterocycles. The van der Waals surface area contributed by atoms with Crippen molar-refractivity contribution >= 4 is 5.91 Å². The zero-order chi connectivity index (χ0) is 13.0. The molecule has 1 heterocycles. The first-order valence-electron chi connectivity index (χ1n) is 6.46. The molecule has 1 amide bonds. The molecule has 0 atom stereocenters.